The van der Waals surface area contributed by atoms with Gasteiger partial charge in [-0.1, -0.05) is 13.8 Å². The van der Waals surface area contributed by atoms with Crippen LogP contribution >= 0.6 is 0 Å². The van der Waals surface area contributed by atoms with E-state index in [0.717, 1.165) is 24.3 Å². The Labute approximate surface area is 75.7 Å². The Bertz CT molecular complexity index is 174. The Morgan fingerprint density at radius 3 is 2.58 bits per heavy atom. The van der Waals surface area contributed by atoms with Crippen LogP contribution < -0.4 is 5.73 Å². The molecule has 1 heteroatoms. The van der Waals surface area contributed by atoms with Crippen molar-refractivity contribution in [3.8, 4) is 0 Å². The first kappa shape index (κ1) is 8.55. The molecule has 2 rings (SSSR count). The summed E-state index contributed by atoms with van der Waals surface area (Å²) in [6, 6.07) is 0. The van der Waals surface area contributed by atoms with Gasteiger partial charge in [0.05, 0.1) is 0 Å². The molecule has 1 nitrogen and oxygen atoms in total. The topological polar surface area (TPSA) is 26.0 Å². The first-order valence-corrected chi connectivity index (χ1v) is 5.32. The summed E-state index contributed by atoms with van der Waals surface area (Å²) in [5.74, 6) is 2.93. The van der Waals surface area contributed by atoms with Crippen molar-refractivity contribution in [2.75, 3.05) is 6.54 Å². The van der Waals surface area contributed by atoms with Gasteiger partial charge in [0.1, 0.15) is 0 Å². The number of nitrogens with two attached hydrogens (primary N) is 1. The van der Waals surface area contributed by atoms with Gasteiger partial charge in [-0.15, -0.1) is 0 Å². The monoisotopic (exact) mass is 167 g/mol. The minimum Gasteiger partial charge on any atom is -0.330 e. The van der Waals surface area contributed by atoms with Crippen molar-refractivity contribution in [1.82, 2.24) is 0 Å². The second-order valence-electron chi connectivity index (χ2n) is 5.56. The van der Waals surface area contributed by atoms with Crippen molar-refractivity contribution in [2.45, 2.75) is 39.5 Å². The van der Waals surface area contributed by atoms with Crippen LogP contribution in [-0.2, 0) is 0 Å². The highest BCUT2D eigenvalue weighted by molar-refractivity contribution is 4.96. The Hall–Kier alpha value is -0.0400. The second-order valence-corrected chi connectivity index (χ2v) is 5.56. The molecule has 3 atom stereocenters. The molecule has 0 heterocycles. The van der Waals surface area contributed by atoms with Gasteiger partial charge in [-0.05, 0) is 55.4 Å². The van der Waals surface area contributed by atoms with Gasteiger partial charge in [0.2, 0.25) is 0 Å². The highest BCUT2D eigenvalue weighted by Gasteiger charge is 2.45. The van der Waals surface area contributed by atoms with Crippen LogP contribution in [-0.4, -0.2) is 6.54 Å². The maximum Gasteiger partial charge on any atom is -0.00460 e. The quantitative estimate of drug-likeness (QED) is 0.671. The van der Waals surface area contributed by atoms with Crippen LogP contribution in [0.3, 0.4) is 0 Å². The number of rotatable bonds is 2. The fraction of sp³-hybridized carbons (Fsp3) is 1.00. The van der Waals surface area contributed by atoms with E-state index in [1.807, 2.05) is 0 Å². The SMILES string of the molecule is CC1(C)CCC(C2CC2CN)C1. The van der Waals surface area contributed by atoms with E-state index in [1.165, 1.54) is 25.7 Å². The van der Waals surface area contributed by atoms with E-state index >= 15 is 0 Å². The lowest BCUT2D eigenvalue weighted by atomic mass is 9.89. The minimum atomic E-state index is 0.631. The molecular weight excluding hydrogens is 146 g/mol. The van der Waals surface area contributed by atoms with Gasteiger partial charge in [-0.2, -0.15) is 0 Å². The smallest absolute Gasteiger partial charge is 0.00460 e. The van der Waals surface area contributed by atoms with Crippen molar-refractivity contribution in [2.24, 2.45) is 28.9 Å². The lowest BCUT2D eigenvalue weighted by molar-refractivity contribution is 0.342. The van der Waals surface area contributed by atoms with Gasteiger partial charge in [0.25, 0.3) is 0 Å². The zero-order valence-electron chi connectivity index (χ0n) is 8.34. The van der Waals surface area contributed by atoms with Gasteiger partial charge in [-0.3, -0.25) is 0 Å². The third kappa shape index (κ3) is 1.52. The fourth-order valence-corrected chi connectivity index (χ4v) is 2.97. The maximum absolute atomic E-state index is 5.66. The molecule has 2 saturated carbocycles. The summed E-state index contributed by atoms with van der Waals surface area (Å²) in [6.45, 7) is 5.75. The van der Waals surface area contributed by atoms with E-state index in [0.29, 0.717) is 5.41 Å². The predicted molar refractivity (Wildman–Crippen MR) is 51.8 cm³/mol. The van der Waals surface area contributed by atoms with Crippen LogP contribution in [0.4, 0.5) is 0 Å². The highest BCUT2D eigenvalue weighted by atomic mass is 14.6. The van der Waals surface area contributed by atoms with E-state index in [-0.39, 0.29) is 0 Å². The second kappa shape index (κ2) is 2.73. The molecular formula is C11H21N. The number of hydrogen-bond donors (Lipinski definition) is 1. The summed E-state index contributed by atoms with van der Waals surface area (Å²) in [7, 11) is 0. The standard InChI is InChI=1S/C11H21N/c1-11(2)4-3-8(6-11)10-5-9(10)7-12/h8-10H,3-7,12H2,1-2H3. The molecule has 0 aromatic rings. The Morgan fingerprint density at radius 1 is 1.42 bits per heavy atom. The highest BCUT2D eigenvalue weighted by Crippen LogP contribution is 2.54. The Kier molecular flexibility index (Phi) is 1.95. The van der Waals surface area contributed by atoms with Crippen molar-refractivity contribution >= 4 is 0 Å². The molecule has 0 aromatic carbocycles. The van der Waals surface area contributed by atoms with Crippen LogP contribution in [0.5, 0.6) is 0 Å². The Balaban J connectivity index is 1.85. The van der Waals surface area contributed by atoms with E-state index in [4.69, 9.17) is 5.73 Å². The summed E-state index contributed by atoms with van der Waals surface area (Å²) < 4.78 is 0. The van der Waals surface area contributed by atoms with Crippen LogP contribution in [0.1, 0.15) is 39.5 Å². The minimum absolute atomic E-state index is 0.631. The van der Waals surface area contributed by atoms with Crippen molar-refractivity contribution in [1.29, 1.82) is 0 Å². The lowest BCUT2D eigenvalue weighted by Gasteiger charge is -2.16. The largest absolute Gasteiger partial charge is 0.330 e. The van der Waals surface area contributed by atoms with E-state index < -0.39 is 0 Å². The van der Waals surface area contributed by atoms with Gasteiger partial charge < -0.3 is 5.73 Å². The molecule has 2 aliphatic rings. The fourth-order valence-electron chi connectivity index (χ4n) is 2.97. The van der Waals surface area contributed by atoms with Crippen molar-refractivity contribution in [3.63, 3.8) is 0 Å². The third-order valence-electron chi connectivity index (χ3n) is 3.89. The average molecular weight is 167 g/mol. The molecule has 0 amide bonds. The first-order valence-electron chi connectivity index (χ1n) is 5.32. The van der Waals surface area contributed by atoms with Crippen LogP contribution in [0.15, 0.2) is 0 Å². The zero-order chi connectivity index (χ0) is 8.77. The summed E-state index contributed by atoms with van der Waals surface area (Å²) in [5.41, 5.74) is 6.29. The van der Waals surface area contributed by atoms with Crippen molar-refractivity contribution < 1.29 is 0 Å². The average Bonchev–Trinajstić information content (AvgIpc) is 2.70. The van der Waals surface area contributed by atoms with Gasteiger partial charge in [-0.25, -0.2) is 0 Å². The summed E-state index contributed by atoms with van der Waals surface area (Å²) in [4.78, 5) is 0. The summed E-state index contributed by atoms with van der Waals surface area (Å²) in [6.07, 6.45) is 5.78. The molecule has 2 fully saturated rings. The van der Waals surface area contributed by atoms with Crippen LogP contribution in [0.2, 0.25) is 0 Å². The van der Waals surface area contributed by atoms with Crippen molar-refractivity contribution in [3.05, 3.63) is 0 Å². The van der Waals surface area contributed by atoms with Crippen LogP contribution in [0, 0.1) is 23.2 Å². The molecule has 2 N–H and O–H groups in total. The normalized spacial score (nSPS) is 44.8. The lowest BCUT2D eigenvalue weighted by Crippen LogP contribution is -2.09. The zero-order valence-corrected chi connectivity index (χ0v) is 8.34. The predicted octanol–water partition coefficient (Wildman–Crippen LogP) is 2.41. The molecule has 0 spiro atoms. The molecule has 0 aliphatic heterocycles. The van der Waals surface area contributed by atoms with Gasteiger partial charge in [0.15, 0.2) is 0 Å². The van der Waals surface area contributed by atoms with Gasteiger partial charge >= 0.3 is 0 Å². The molecule has 70 valence electrons. The molecule has 0 aromatic heterocycles. The molecule has 0 radical (unpaired) electrons. The molecule has 2 aliphatic carbocycles. The molecule has 3 unspecified atom stereocenters. The summed E-state index contributed by atoms with van der Waals surface area (Å²) >= 11 is 0. The first-order chi connectivity index (χ1) is 5.62. The van der Waals surface area contributed by atoms with E-state index in [1.54, 1.807) is 0 Å². The van der Waals surface area contributed by atoms with Crippen LogP contribution in [0.25, 0.3) is 0 Å². The molecule has 0 saturated heterocycles. The number of hydrogen-bond acceptors (Lipinski definition) is 1. The maximum atomic E-state index is 5.66. The Morgan fingerprint density at radius 2 is 2.17 bits per heavy atom. The van der Waals surface area contributed by atoms with E-state index in [2.05, 4.69) is 13.8 Å². The molecule has 0 bridgehead atoms. The van der Waals surface area contributed by atoms with Gasteiger partial charge in [0, 0.05) is 0 Å². The van der Waals surface area contributed by atoms with E-state index in [9.17, 15) is 0 Å². The molecule has 12 heavy (non-hydrogen) atoms. The summed E-state index contributed by atoms with van der Waals surface area (Å²) in [5, 5.41) is 0. The third-order valence-corrected chi connectivity index (χ3v) is 3.89.